The highest BCUT2D eigenvalue weighted by Crippen LogP contribution is 2.29. The van der Waals surface area contributed by atoms with E-state index in [1.165, 1.54) is 44.9 Å². The summed E-state index contributed by atoms with van der Waals surface area (Å²) in [5.74, 6) is 0.106. The third-order valence-electron chi connectivity index (χ3n) is 4.92. The van der Waals surface area contributed by atoms with Gasteiger partial charge in [-0.3, -0.25) is 0 Å². The van der Waals surface area contributed by atoms with Crippen molar-refractivity contribution in [1.29, 1.82) is 0 Å². The molecule has 1 aromatic heterocycles. The zero-order valence-electron chi connectivity index (χ0n) is 16.2. The maximum Gasteiger partial charge on any atom is 0.150 e. The fourth-order valence-electron chi connectivity index (χ4n) is 3.35. The molecular weight excluding hydrogens is 324 g/mol. The van der Waals surface area contributed by atoms with E-state index in [1.807, 2.05) is 31.2 Å². The molecule has 2 aromatic rings. The normalized spacial score (nSPS) is 12.0. The molecule has 0 aliphatic carbocycles. The van der Waals surface area contributed by atoms with Gasteiger partial charge in [-0.15, -0.1) is 0 Å². The molecule has 0 radical (unpaired) electrons. The number of aromatic nitrogens is 1. The van der Waals surface area contributed by atoms with Crippen LogP contribution in [0.4, 0.5) is 0 Å². The van der Waals surface area contributed by atoms with Crippen LogP contribution in [0.5, 0.6) is 5.75 Å². The number of nitrogens with zero attached hydrogens (tertiary/aromatic N) is 2. The van der Waals surface area contributed by atoms with Crippen molar-refractivity contribution in [1.82, 2.24) is 4.98 Å². The van der Waals surface area contributed by atoms with E-state index in [0.29, 0.717) is 23.2 Å². The number of hydrogen-bond acceptors (Lipinski definition) is 4. The van der Waals surface area contributed by atoms with Crippen LogP contribution in [-0.4, -0.2) is 21.0 Å². The lowest BCUT2D eigenvalue weighted by Crippen LogP contribution is -2.02. The van der Waals surface area contributed by atoms with Gasteiger partial charge in [0.25, 0.3) is 0 Å². The molecule has 0 atom stereocenters. The zero-order valence-corrected chi connectivity index (χ0v) is 16.2. The Hall–Kier alpha value is -2.10. The number of benzene rings is 1. The van der Waals surface area contributed by atoms with E-state index in [9.17, 15) is 10.3 Å². The smallest absolute Gasteiger partial charge is 0.150 e. The first-order valence-electron chi connectivity index (χ1n) is 9.98. The fraction of sp³-hybridized carbons (Fsp3) is 0.545. The second kappa shape index (κ2) is 10.8. The Bertz CT molecular complexity index is 725. The maximum atomic E-state index is 10.6. The molecule has 0 saturated carbocycles. The summed E-state index contributed by atoms with van der Waals surface area (Å²) in [5, 5.41) is 24.3. The molecule has 0 aliphatic heterocycles. The Morgan fingerprint density at radius 3 is 2.19 bits per heavy atom. The first-order valence-corrected chi connectivity index (χ1v) is 9.98. The molecule has 0 spiro atoms. The fourth-order valence-corrected chi connectivity index (χ4v) is 3.35. The van der Waals surface area contributed by atoms with Gasteiger partial charge >= 0.3 is 0 Å². The number of oxime groups is 1. The molecule has 142 valence electrons. The van der Waals surface area contributed by atoms with Gasteiger partial charge in [0.05, 0.1) is 5.71 Å². The minimum absolute atomic E-state index is 0.106. The Balaban J connectivity index is 1.85. The lowest BCUT2D eigenvalue weighted by atomic mass is 10.00. The van der Waals surface area contributed by atoms with E-state index >= 15 is 0 Å². The monoisotopic (exact) mass is 356 g/mol. The summed E-state index contributed by atoms with van der Waals surface area (Å²) in [6, 6.07) is 7.60. The standard InChI is InChI=1S/C22H32N2O2/c1-3-4-5-6-7-8-9-10-11-12-20(24-26)19-16-15-18-14-13-17(2)23-21(18)22(19)25/h13-16,25-26H,3-12H2,1-2H3/b24-20-. The summed E-state index contributed by atoms with van der Waals surface area (Å²) >= 11 is 0. The van der Waals surface area contributed by atoms with Gasteiger partial charge in [0, 0.05) is 16.6 Å². The average molecular weight is 357 g/mol. The molecule has 2 N–H and O–H groups in total. The molecule has 1 aromatic carbocycles. The van der Waals surface area contributed by atoms with E-state index in [0.717, 1.165) is 23.9 Å². The Kier molecular flexibility index (Phi) is 8.39. The van der Waals surface area contributed by atoms with Crippen molar-refractivity contribution in [2.24, 2.45) is 5.16 Å². The second-order valence-electron chi connectivity index (χ2n) is 7.11. The molecule has 1 heterocycles. The number of rotatable bonds is 11. The van der Waals surface area contributed by atoms with Gasteiger partial charge in [0.1, 0.15) is 5.52 Å². The number of fused-ring (bicyclic) bond motifs is 1. The van der Waals surface area contributed by atoms with Crippen LogP contribution in [0, 0.1) is 6.92 Å². The van der Waals surface area contributed by atoms with Gasteiger partial charge in [-0.25, -0.2) is 4.98 Å². The molecule has 26 heavy (non-hydrogen) atoms. The summed E-state index contributed by atoms with van der Waals surface area (Å²) in [6.45, 7) is 4.14. The van der Waals surface area contributed by atoms with Crippen LogP contribution in [0.3, 0.4) is 0 Å². The molecule has 4 heteroatoms. The second-order valence-corrected chi connectivity index (χ2v) is 7.11. The maximum absolute atomic E-state index is 10.6. The molecule has 0 fully saturated rings. The molecule has 0 unspecified atom stereocenters. The topological polar surface area (TPSA) is 65.7 Å². The van der Waals surface area contributed by atoms with Crippen molar-refractivity contribution in [2.45, 2.75) is 78.1 Å². The molecule has 0 bridgehead atoms. The van der Waals surface area contributed by atoms with E-state index in [4.69, 9.17) is 0 Å². The van der Waals surface area contributed by atoms with Crippen molar-refractivity contribution >= 4 is 16.6 Å². The minimum Gasteiger partial charge on any atom is -0.505 e. The molecule has 4 nitrogen and oxygen atoms in total. The van der Waals surface area contributed by atoms with E-state index in [2.05, 4.69) is 17.1 Å². The number of aryl methyl sites for hydroxylation is 1. The lowest BCUT2D eigenvalue weighted by Gasteiger charge is -2.10. The van der Waals surface area contributed by atoms with E-state index in [1.54, 1.807) is 0 Å². The molecular formula is C22H32N2O2. The van der Waals surface area contributed by atoms with Crippen LogP contribution in [-0.2, 0) is 0 Å². The SMILES string of the molecule is CCCCCCCCCCC/C(=N/O)c1ccc2ccc(C)nc2c1O. The first-order chi connectivity index (χ1) is 12.7. The van der Waals surface area contributed by atoms with E-state index in [-0.39, 0.29) is 5.75 Å². The Labute approximate surface area is 157 Å². The number of pyridine rings is 1. The number of phenolic OH excluding ortho intramolecular Hbond substituents is 1. The van der Waals surface area contributed by atoms with Crippen LogP contribution in [0.2, 0.25) is 0 Å². The third kappa shape index (κ3) is 5.72. The van der Waals surface area contributed by atoms with Gasteiger partial charge in [-0.1, -0.05) is 75.6 Å². The average Bonchev–Trinajstić information content (AvgIpc) is 2.65. The van der Waals surface area contributed by atoms with Crippen molar-refractivity contribution in [3.05, 3.63) is 35.5 Å². The Morgan fingerprint density at radius 1 is 0.923 bits per heavy atom. The van der Waals surface area contributed by atoms with E-state index < -0.39 is 0 Å². The molecule has 0 amide bonds. The Morgan fingerprint density at radius 2 is 1.54 bits per heavy atom. The van der Waals surface area contributed by atoms with Crippen LogP contribution in [0.15, 0.2) is 29.4 Å². The predicted molar refractivity (Wildman–Crippen MR) is 108 cm³/mol. The van der Waals surface area contributed by atoms with Crippen molar-refractivity contribution in [2.75, 3.05) is 0 Å². The van der Waals surface area contributed by atoms with Gasteiger partial charge in [-0.05, 0) is 31.9 Å². The van der Waals surface area contributed by atoms with Crippen molar-refractivity contribution < 1.29 is 10.3 Å². The van der Waals surface area contributed by atoms with Crippen LogP contribution < -0.4 is 0 Å². The van der Waals surface area contributed by atoms with Crippen molar-refractivity contribution in [3.8, 4) is 5.75 Å². The summed E-state index contributed by atoms with van der Waals surface area (Å²) in [4.78, 5) is 4.42. The van der Waals surface area contributed by atoms with Crippen LogP contribution in [0.1, 0.15) is 82.4 Å². The number of hydrogen-bond donors (Lipinski definition) is 2. The van der Waals surface area contributed by atoms with Gasteiger partial charge in [0.15, 0.2) is 5.75 Å². The molecule has 0 saturated heterocycles. The summed E-state index contributed by atoms with van der Waals surface area (Å²) in [7, 11) is 0. The van der Waals surface area contributed by atoms with Crippen LogP contribution in [0.25, 0.3) is 10.9 Å². The van der Waals surface area contributed by atoms with Gasteiger partial charge < -0.3 is 10.3 Å². The summed E-state index contributed by atoms with van der Waals surface area (Å²) < 4.78 is 0. The third-order valence-corrected chi connectivity index (χ3v) is 4.92. The lowest BCUT2D eigenvalue weighted by molar-refractivity contribution is 0.317. The summed E-state index contributed by atoms with van der Waals surface area (Å²) in [5.41, 5.74) is 2.54. The zero-order chi connectivity index (χ0) is 18.8. The van der Waals surface area contributed by atoms with Gasteiger partial charge in [0.2, 0.25) is 0 Å². The highest BCUT2D eigenvalue weighted by molar-refractivity contribution is 6.06. The first kappa shape index (κ1) is 20.2. The molecule has 0 aliphatic rings. The number of aromatic hydroxyl groups is 1. The largest absolute Gasteiger partial charge is 0.505 e. The summed E-state index contributed by atoms with van der Waals surface area (Å²) in [6.07, 6.45) is 11.9. The minimum atomic E-state index is 0.106. The van der Waals surface area contributed by atoms with Crippen molar-refractivity contribution in [3.63, 3.8) is 0 Å². The van der Waals surface area contributed by atoms with Gasteiger partial charge in [-0.2, -0.15) is 0 Å². The van der Waals surface area contributed by atoms with Crippen LogP contribution >= 0.6 is 0 Å². The quantitative estimate of drug-likeness (QED) is 0.213. The number of phenols is 1. The predicted octanol–water partition coefficient (Wildman–Crippen LogP) is 6.35. The number of unbranched alkanes of at least 4 members (excludes halogenated alkanes) is 8. The highest BCUT2D eigenvalue weighted by Gasteiger charge is 2.13. The highest BCUT2D eigenvalue weighted by atomic mass is 16.4. The molecule has 2 rings (SSSR count).